The van der Waals surface area contributed by atoms with Crippen LogP contribution in [0.1, 0.15) is 17.5 Å². The maximum Gasteiger partial charge on any atom is 0.324 e. The summed E-state index contributed by atoms with van der Waals surface area (Å²) in [6.45, 7) is 6.34. The number of ether oxygens (including phenoxy) is 1. The van der Waals surface area contributed by atoms with E-state index in [9.17, 15) is 4.79 Å². The summed E-state index contributed by atoms with van der Waals surface area (Å²) in [5, 5.41) is 10.0. The fourth-order valence-electron chi connectivity index (χ4n) is 2.88. The molecule has 6 nitrogen and oxygen atoms in total. The summed E-state index contributed by atoms with van der Waals surface area (Å²) in [6.07, 6.45) is 2.73. The van der Waals surface area contributed by atoms with Crippen molar-refractivity contribution in [3.05, 3.63) is 41.6 Å². The number of nitrogens with one attached hydrogen (secondary N) is 2. The smallest absolute Gasteiger partial charge is 0.324 e. The van der Waals surface area contributed by atoms with Crippen LogP contribution in [0.15, 0.2) is 30.5 Å². The van der Waals surface area contributed by atoms with Gasteiger partial charge in [0.05, 0.1) is 12.8 Å². The lowest BCUT2D eigenvalue weighted by Crippen LogP contribution is -2.23. The lowest BCUT2D eigenvalue weighted by molar-refractivity contribution is 0.181. The van der Waals surface area contributed by atoms with E-state index in [0.717, 1.165) is 43.0 Å². The maximum absolute atomic E-state index is 12.2. The summed E-state index contributed by atoms with van der Waals surface area (Å²) >= 11 is 0. The predicted octanol–water partition coefficient (Wildman–Crippen LogP) is 3.18. The van der Waals surface area contributed by atoms with Crippen LogP contribution in [-0.2, 0) is 11.3 Å². The zero-order valence-electron chi connectivity index (χ0n) is 13.5. The van der Waals surface area contributed by atoms with Gasteiger partial charge in [-0.05, 0) is 43.5 Å². The SMILES string of the molecule is Cc1cc(C)cc(NC(=O)Nc2ccnn2CC2CCOC2)c1. The van der Waals surface area contributed by atoms with E-state index in [-0.39, 0.29) is 6.03 Å². The monoisotopic (exact) mass is 314 g/mol. The molecule has 0 aliphatic carbocycles. The first-order valence-electron chi connectivity index (χ1n) is 7.86. The molecule has 2 heterocycles. The minimum atomic E-state index is -0.264. The molecule has 1 aliphatic rings. The Balaban J connectivity index is 1.62. The van der Waals surface area contributed by atoms with Gasteiger partial charge in [0.25, 0.3) is 0 Å². The fourth-order valence-corrected chi connectivity index (χ4v) is 2.88. The highest BCUT2D eigenvalue weighted by Crippen LogP contribution is 2.18. The summed E-state index contributed by atoms with van der Waals surface area (Å²) in [6, 6.07) is 7.50. The molecule has 1 aromatic heterocycles. The Morgan fingerprint density at radius 1 is 1.30 bits per heavy atom. The molecule has 23 heavy (non-hydrogen) atoms. The van der Waals surface area contributed by atoms with Crippen molar-refractivity contribution in [2.24, 2.45) is 5.92 Å². The minimum Gasteiger partial charge on any atom is -0.381 e. The van der Waals surface area contributed by atoms with E-state index in [0.29, 0.717) is 11.7 Å². The molecular weight excluding hydrogens is 292 g/mol. The number of anilines is 2. The Bertz CT molecular complexity index is 669. The van der Waals surface area contributed by atoms with E-state index in [1.807, 2.05) is 30.7 Å². The predicted molar refractivity (Wildman–Crippen MR) is 89.7 cm³/mol. The Labute approximate surface area is 135 Å². The molecule has 1 aromatic carbocycles. The second-order valence-electron chi connectivity index (χ2n) is 6.08. The summed E-state index contributed by atoms with van der Waals surface area (Å²) in [7, 11) is 0. The largest absolute Gasteiger partial charge is 0.381 e. The van der Waals surface area contributed by atoms with E-state index in [4.69, 9.17) is 4.74 Å². The van der Waals surface area contributed by atoms with Crippen LogP contribution >= 0.6 is 0 Å². The lowest BCUT2D eigenvalue weighted by atomic mass is 10.1. The molecule has 1 fully saturated rings. The van der Waals surface area contributed by atoms with Crippen molar-refractivity contribution in [2.45, 2.75) is 26.8 Å². The summed E-state index contributed by atoms with van der Waals surface area (Å²) in [5.74, 6) is 1.15. The summed E-state index contributed by atoms with van der Waals surface area (Å²) in [4.78, 5) is 12.2. The van der Waals surface area contributed by atoms with Crippen molar-refractivity contribution in [1.82, 2.24) is 9.78 Å². The number of aromatic nitrogens is 2. The van der Waals surface area contributed by atoms with Crippen LogP contribution in [0.25, 0.3) is 0 Å². The molecule has 0 saturated carbocycles. The van der Waals surface area contributed by atoms with Gasteiger partial charge in [0, 0.05) is 30.8 Å². The number of rotatable bonds is 4. The normalized spacial score (nSPS) is 17.2. The molecule has 2 amide bonds. The van der Waals surface area contributed by atoms with E-state index in [2.05, 4.69) is 21.8 Å². The minimum absolute atomic E-state index is 0.264. The standard InChI is InChI=1S/C17H22N4O2/c1-12-7-13(2)9-15(8-12)19-17(22)20-16-3-5-18-21(16)10-14-4-6-23-11-14/h3,5,7-9,14H,4,6,10-11H2,1-2H3,(H2,19,20,22). The number of aryl methyl sites for hydroxylation is 2. The fraction of sp³-hybridized carbons (Fsp3) is 0.412. The molecular formula is C17H22N4O2. The highest BCUT2D eigenvalue weighted by Gasteiger charge is 2.18. The first-order chi connectivity index (χ1) is 11.1. The average molecular weight is 314 g/mol. The summed E-state index contributed by atoms with van der Waals surface area (Å²) in [5.41, 5.74) is 3.02. The van der Waals surface area contributed by atoms with Gasteiger partial charge in [-0.2, -0.15) is 5.10 Å². The van der Waals surface area contributed by atoms with Crippen LogP contribution < -0.4 is 10.6 Å². The number of amides is 2. The van der Waals surface area contributed by atoms with Gasteiger partial charge < -0.3 is 10.1 Å². The van der Waals surface area contributed by atoms with E-state index in [1.165, 1.54) is 0 Å². The number of carbonyl (C=O) groups excluding carboxylic acids is 1. The molecule has 1 aliphatic heterocycles. The van der Waals surface area contributed by atoms with Gasteiger partial charge in [-0.1, -0.05) is 6.07 Å². The number of urea groups is 1. The molecule has 2 N–H and O–H groups in total. The van der Waals surface area contributed by atoms with Crippen molar-refractivity contribution in [2.75, 3.05) is 23.8 Å². The van der Waals surface area contributed by atoms with Crippen LogP contribution in [0, 0.1) is 19.8 Å². The van der Waals surface area contributed by atoms with Gasteiger partial charge in [0.2, 0.25) is 0 Å². The Kier molecular flexibility index (Phi) is 4.62. The Morgan fingerprint density at radius 2 is 2.09 bits per heavy atom. The van der Waals surface area contributed by atoms with Crippen molar-refractivity contribution >= 4 is 17.5 Å². The van der Waals surface area contributed by atoms with Gasteiger partial charge in [-0.3, -0.25) is 5.32 Å². The summed E-state index contributed by atoms with van der Waals surface area (Å²) < 4.78 is 7.21. The Morgan fingerprint density at radius 3 is 2.78 bits per heavy atom. The van der Waals surface area contributed by atoms with E-state index in [1.54, 1.807) is 12.3 Å². The number of hydrogen-bond acceptors (Lipinski definition) is 3. The second kappa shape index (κ2) is 6.83. The van der Waals surface area contributed by atoms with E-state index < -0.39 is 0 Å². The molecule has 3 rings (SSSR count). The second-order valence-corrected chi connectivity index (χ2v) is 6.08. The Hall–Kier alpha value is -2.34. The number of carbonyl (C=O) groups is 1. The quantitative estimate of drug-likeness (QED) is 0.910. The van der Waals surface area contributed by atoms with Gasteiger partial charge in [0.1, 0.15) is 5.82 Å². The molecule has 122 valence electrons. The molecule has 2 aromatic rings. The number of hydrogen-bond donors (Lipinski definition) is 2. The van der Waals surface area contributed by atoms with Crippen molar-refractivity contribution < 1.29 is 9.53 Å². The first-order valence-corrected chi connectivity index (χ1v) is 7.86. The van der Waals surface area contributed by atoms with Crippen molar-refractivity contribution in [3.63, 3.8) is 0 Å². The van der Waals surface area contributed by atoms with Gasteiger partial charge in [0.15, 0.2) is 0 Å². The third-order valence-corrected chi connectivity index (χ3v) is 3.89. The zero-order chi connectivity index (χ0) is 16.2. The van der Waals surface area contributed by atoms with Crippen LogP contribution in [-0.4, -0.2) is 29.0 Å². The van der Waals surface area contributed by atoms with Crippen LogP contribution in [0.5, 0.6) is 0 Å². The molecule has 6 heteroatoms. The zero-order valence-corrected chi connectivity index (χ0v) is 13.5. The molecule has 1 saturated heterocycles. The lowest BCUT2D eigenvalue weighted by Gasteiger charge is -2.13. The van der Waals surface area contributed by atoms with Gasteiger partial charge in [-0.15, -0.1) is 0 Å². The molecule has 0 bridgehead atoms. The van der Waals surface area contributed by atoms with Gasteiger partial charge >= 0.3 is 6.03 Å². The van der Waals surface area contributed by atoms with Crippen molar-refractivity contribution in [3.8, 4) is 0 Å². The first kappa shape index (κ1) is 15.6. The third-order valence-electron chi connectivity index (χ3n) is 3.89. The van der Waals surface area contributed by atoms with Crippen LogP contribution in [0.2, 0.25) is 0 Å². The van der Waals surface area contributed by atoms with Crippen LogP contribution in [0.3, 0.4) is 0 Å². The van der Waals surface area contributed by atoms with Gasteiger partial charge in [-0.25, -0.2) is 9.48 Å². The van der Waals surface area contributed by atoms with E-state index >= 15 is 0 Å². The molecule has 0 spiro atoms. The molecule has 1 atom stereocenters. The molecule has 0 radical (unpaired) electrons. The average Bonchev–Trinajstić information content (AvgIpc) is 3.11. The maximum atomic E-state index is 12.2. The highest BCUT2D eigenvalue weighted by atomic mass is 16.5. The highest BCUT2D eigenvalue weighted by molar-refractivity contribution is 5.99. The topological polar surface area (TPSA) is 68.2 Å². The molecule has 1 unspecified atom stereocenters. The van der Waals surface area contributed by atoms with Crippen LogP contribution in [0.4, 0.5) is 16.3 Å². The third kappa shape index (κ3) is 4.10. The number of benzene rings is 1. The number of nitrogens with zero attached hydrogens (tertiary/aromatic N) is 2. The van der Waals surface area contributed by atoms with Crippen molar-refractivity contribution in [1.29, 1.82) is 0 Å².